The molecule has 0 spiro atoms. The molecule has 3 rings (SSSR count). The van der Waals surface area contributed by atoms with Crippen molar-refractivity contribution in [3.63, 3.8) is 0 Å². The molecule has 1 aliphatic rings. The highest BCUT2D eigenvalue weighted by Crippen LogP contribution is 2.27. The number of carbonyl (C=O) groups excluding carboxylic acids is 1. The molecule has 0 bridgehead atoms. The summed E-state index contributed by atoms with van der Waals surface area (Å²) in [6.07, 6.45) is 1.23. The lowest BCUT2D eigenvalue weighted by molar-refractivity contribution is -0.139. The third kappa shape index (κ3) is 3.54. The highest BCUT2D eigenvalue weighted by molar-refractivity contribution is 6.32. The number of hydrogen-bond acceptors (Lipinski definition) is 4. The summed E-state index contributed by atoms with van der Waals surface area (Å²) in [7, 11) is 0. The summed E-state index contributed by atoms with van der Waals surface area (Å²) >= 11 is 6.17. The van der Waals surface area contributed by atoms with Crippen LogP contribution in [0.4, 0.5) is 0 Å². The lowest BCUT2D eigenvalue weighted by Crippen LogP contribution is -2.44. The Morgan fingerprint density at radius 3 is 2.72 bits per heavy atom. The minimum Gasteiger partial charge on any atom is -0.481 e. The number of hydrogen-bond donors (Lipinski definition) is 1. The van der Waals surface area contributed by atoms with Gasteiger partial charge in [-0.25, -0.2) is 4.98 Å². The molecular formula is C18H20ClN3O3. The molecular weight excluding hydrogens is 342 g/mol. The van der Waals surface area contributed by atoms with E-state index in [2.05, 4.69) is 9.97 Å². The zero-order valence-electron chi connectivity index (χ0n) is 14.4. The van der Waals surface area contributed by atoms with E-state index in [-0.39, 0.29) is 11.5 Å². The number of nitrogens with one attached hydrogen (secondary N) is 1. The summed E-state index contributed by atoms with van der Waals surface area (Å²) < 4.78 is 5.82. The standard InChI is InChI=1S/C18H20ClN3O3/c1-10-6-13(7-11(2)16(10)19)25-12(3)18(24)22-5-4-14-15(8-22)20-9-21-17(14)23/h6-7,9,12H,4-5,8H2,1-3H3,(H,20,21,23)/t12-/m1/s1. The minimum atomic E-state index is -0.636. The second-order valence-corrected chi connectivity index (χ2v) is 6.68. The van der Waals surface area contributed by atoms with Crippen LogP contribution in [0.5, 0.6) is 5.75 Å². The van der Waals surface area contributed by atoms with Gasteiger partial charge in [-0.1, -0.05) is 11.6 Å². The maximum absolute atomic E-state index is 12.7. The number of aromatic amines is 1. The summed E-state index contributed by atoms with van der Waals surface area (Å²) in [6.45, 7) is 6.33. The van der Waals surface area contributed by atoms with Gasteiger partial charge in [0.2, 0.25) is 0 Å². The van der Waals surface area contributed by atoms with Crippen LogP contribution in [0.3, 0.4) is 0 Å². The fourth-order valence-corrected chi connectivity index (χ4v) is 3.15. The van der Waals surface area contributed by atoms with Gasteiger partial charge in [0.05, 0.1) is 18.6 Å². The number of nitrogens with zero attached hydrogens (tertiary/aromatic N) is 2. The van der Waals surface area contributed by atoms with Crippen LogP contribution >= 0.6 is 11.6 Å². The van der Waals surface area contributed by atoms with E-state index in [0.29, 0.717) is 41.5 Å². The number of amides is 1. The Balaban J connectivity index is 1.72. The molecule has 132 valence electrons. The van der Waals surface area contributed by atoms with Crippen molar-refractivity contribution in [3.05, 3.63) is 56.2 Å². The first-order valence-electron chi connectivity index (χ1n) is 8.14. The zero-order chi connectivity index (χ0) is 18.1. The quantitative estimate of drug-likeness (QED) is 0.910. The van der Waals surface area contributed by atoms with Crippen molar-refractivity contribution < 1.29 is 9.53 Å². The number of aromatic nitrogens is 2. The summed E-state index contributed by atoms with van der Waals surface area (Å²) in [6, 6.07) is 3.65. The van der Waals surface area contributed by atoms with Crippen LogP contribution in [0.25, 0.3) is 0 Å². The molecule has 7 heteroatoms. The second-order valence-electron chi connectivity index (χ2n) is 6.30. The lowest BCUT2D eigenvalue weighted by Gasteiger charge is -2.29. The van der Waals surface area contributed by atoms with E-state index in [1.54, 1.807) is 11.8 Å². The normalized spacial score (nSPS) is 14.8. The molecule has 0 fully saturated rings. The van der Waals surface area contributed by atoms with Gasteiger partial charge in [0.1, 0.15) is 5.75 Å². The largest absolute Gasteiger partial charge is 0.481 e. The monoisotopic (exact) mass is 361 g/mol. The summed E-state index contributed by atoms with van der Waals surface area (Å²) in [5.74, 6) is 0.491. The Labute approximate surface area is 150 Å². The zero-order valence-corrected chi connectivity index (χ0v) is 15.2. The average molecular weight is 362 g/mol. The van der Waals surface area contributed by atoms with Crippen LogP contribution in [-0.4, -0.2) is 33.4 Å². The summed E-state index contributed by atoms with van der Waals surface area (Å²) in [5.41, 5.74) is 2.99. The summed E-state index contributed by atoms with van der Waals surface area (Å²) in [5, 5.41) is 0.704. The third-order valence-electron chi connectivity index (χ3n) is 4.39. The first-order chi connectivity index (χ1) is 11.9. The number of H-pyrrole nitrogens is 1. The van der Waals surface area contributed by atoms with Crippen LogP contribution in [0.15, 0.2) is 23.3 Å². The molecule has 0 aliphatic carbocycles. The van der Waals surface area contributed by atoms with Crippen LogP contribution in [0.1, 0.15) is 29.3 Å². The minimum absolute atomic E-state index is 0.127. The number of fused-ring (bicyclic) bond motifs is 1. The predicted octanol–water partition coefficient (Wildman–Crippen LogP) is 2.39. The molecule has 0 radical (unpaired) electrons. The van der Waals surface area contributed by atoms with Gasteiger partial charge >= 0.3 is 0 Å². The molecule has 0 unspecified atom stereocenters. The van der Waals surface area contributed by atoms with Crippen LogP contribution in [0.2, 0.25) is 5.02 Å². The van der Waals surface area contributed by atoms with Crippen LogP contribution in [0, 0.1) is 13.8 Å². The van der Waals surface area contributed by atoms with Crippen molar-refractivity contribution in [2.75, 3.05) is 6.54 Å². The van der Waals surface area contributed by atoms with Crippen molar-refractivity contribution in [2.24, 2.45) is 0 Å². The summed E-state index contributed by atoms with van der Waals surface area (Å²) in [4.78, 5) is 32.9. The van der Waals surface area contributed by atoms with Gasteiger partial charge in [-0.05, 0) is 50.5 Å². The van der Waals surface area contributed by atoms with Gasteiger partial charge in [-0.3, -0.25) is 9.59 Å². The Morgan fingerprint density at radius 2 is 2.04 bits per heavy atom. The Kier molecular flexibility index (Phi) is 4.81. The molecule has 1 aromatic carbocycles. The van der Waals surface area contributed by atoms with Gasteiger partial charge < -0.3 is 14.6 Å². The number of ether oxygens (including phenoxy) is 1. The SMILES string of the molecule is Cc1cc(O[C@H](C)C(=O)N2CCc3c(nc[nH]c3=O)C2)cc(C)c1Cl. The molecule has 1 N–H and O–H groups in total. The number of rotatable bonds is 3. The highest BCUT2D eigenvalue weighted by atomic mass is 35.5. The Bertz CT molecular complexity index is 855. The van der Waals surface area contributed by atoms with E-state index in [4.69, 9.17) is 16.3 Å². The Hall–Kier alpha value is -2.34. The fraction of sp³-hybridized carbons (Fsp3) is 0.389. The van der Waals surface area contributed by atoms with Crippen molar-refractivity contribution >= 4 is 17.5 Å². The second kappa shape index (κ2) is 6.88. The van der Waals surface area contributed by atoms with Crippen molar-refractivity contribution in [3.8, 4) is 5.75 Å². The van der Waals surface area contributed by atoms with E-state index in [0.717, 1.165) is 11.1 Å². The van der Waals surface area contributed by atoms with Crippen molar-refractivity contribution in [1.82, 2.24) is 14.9 Å². The van der Waals surface area contributed by atoms with Gasteiger partial charge in [-0.2, -0.15) is 0 Å². The molecule has 1 atom stereocenters. The number of halogens is 1. The fourth-order valence-electron chi connectivity index (χ4n) is 3.04. The first-order valence-corrected chi connectivity index (χ1v) is 8.52. The molecule has 1 amide bonds. The van der Waals surface area contributed by atoms with Crippen molar-refractivity contribution in [2.45, 2.75) is 39.8 Å². The molecule has 2 heterocycles. The van der Waals surface area contributed by atoms with E-state index >= 15 is 0 Å². The third-order valence-corrected chi connectivity index (χ3v) is 4.99. The number of benzene rings is 1. The van der Waals surface area contributed by atoms with E-state index in [1.807, 2.05) is 26.0 Å². The van der Waals surface area contributed by atoms with E-state index in [1.165, 1.54) is 6.33 Å². The molecule has 1 aromatic heterocycles. The lowest BCUT2D eigenvalue weighted by atomic mass is 10.1. The van der Waals surface area contributed by atoms with Crippen molar-refractivity contribution in [1.29, 1.82) is 0 Å². The maximum atomic E-state index is 12.7. The molecule has 25 heavy (non-hydrogen) atoms. The van der Waals surface area contributed by atoms with E-state index < -0.39 is 6.10 Å². The Morgan fingerprint density at radius 1 is 1.36 bits per heavy atom. The average Bonchev–Trinajstić information content (AvgIpc) is 2.58. The van der Waals surface area contributed by atoms with Gasteiger partial charge in [0.15, 0.2) is 6.10 Å². The molecule has 1 aliphatic heterocycles. The van der Waals surface area contributed by atoms with E-state index in [9.17, 15) is 9.59 Å². The van der Waals surface area contributed by atoms with Gasteiger partial charge in [0, 0.05) is 17.1 Å². The smallest absolute Gasteiger partial charge is 0.263 e. The molecule has 6 nitrogen and oxygen atoms in total. The van der Waals surface area contributed by atoms with Crippen LogP contribution in [-0.2, 0) is 17.8 Å². The first kappa shape index (κ1) is 17.5. The number of aryl methyl sites for hydroxylation is 2. The number of carbonyl (C=O) groups is 1. The molecule has 2 aromatic rings. The molecule has 0 saturated heterocycles. The van der Waals surface area contributed by atoms with Gasteiger partial charge in [0.25, 0.3) is 11.5 Å². The topological polar surface area (TPSA) is 75.3 Å². The predicted molar refractivity (Wildman–Crippen MR) is 95.0 cm³/mol. The maximum Gasteiger partial charge on any atom is 0.263 e. The van der Waals surface area contributed by atoms with Gasteiger partial charge in [-0.15, -0.1) is 0 Å². The highest BCUT2D eigenvalue weighted by Gasteiger charge is 2.27. The molecule has 0 saturated carbocycles. The van der Waals surface area contributed by atoms with Crippen LogP contribution < -0.4 is 10.3 Å².